The van der Waals surface area contributed by atoms with E-state index >= 15 is 0 Å². The zero-order valence-corrected chi connectivity index (χ0v) is 11.5. The van der Waals surface area contributed by atoms with Gasteiger partial charge in [0, 0.05) is 13.1 Å². The van der Waals surface area contributed by atoms with E-state index in [4.69, 9.17) is 14.6 Å². The molecule has 1 heterocycles. The number of hydrogen-bond acceptors (Lipinski definition) is 4. The number of rotatable bonds is 7. The quantitative estimate of drug-likeness (QED) is 0.818. The molecule has 0 saturated carbocycles. The van der Waals surface area contributed by atoms with Crippen molar-refractivity contribution >= 4 is 0 Å². The molecule has 0 amide bonds. The van der Waals surface area contributed by atoms with Crippen LogP contribution in [0.3, 0.4) is 0 Å². The number of fused-ring (bicyclic) bond motifs is 1. The molecular weight excluding hydrogens is 242 g/mol. The van der Waals surface area contributed by atoms with Crippen LogP contribution in [0.15, 0.2) is 24.3 Å². The summed E-state index contributed by atoms with van der Waals surface area (Å²) in [4.78, 5) is 2.24. The van der Waals surface area contributed by atoms with Crippen molar-refractivity contribution in [3.05, 3.63) is 24.3 Å². The van der Waals surface area contributed by atoms with Crippen molar-refractivity contribution in [1.29, 1.82) is 0 Å². The van der Waals surface area contributed by atoms with Gasteiger partial charge >= 0.3 is 0 Å². The summed E-state index contributed by atoms with van der Waals surface area (Å²) in [6, 6.07) is 7.76. The zero-order valence-electron chi connectivity index (χ0n) is 11.5. The normalized spacial score (nSPS) is 17.7. The number of nitrogens with zero attached hydrogens (tertiary/aromatic N) is 1. The van der Waals surface area contributed by atoms with Gasteiger partial charge in [0.05, 0.1) is 6.61 Å². The third-order valence-electron chi connectivity index (χ3n) is 3.27. The molecule has 0 aromatic heterocycles. The van der Waals surface area contributed by atoms with E-state index in [1.807, 2.05) is 24.3 Å². The number of ether oxygens (including phenoxy) is 2. The Balaban J connectivity index is 1.88. The lowest BCUT2D eigenvalue weighted by Gasteiger charge is -2.31. The van der Waals surface area contributed by atoms with Crippen molar-refractivity contribution in [3.63, 3.8) is 0 Å². The fourth-order valence-electron chi connectivity index (χ4n) is 2.26. The van der Waals surface area contributed by atoms with Gasteiger partial charge in [-0.25, -0.2) is 0 Å². The highest BCUT2D eigenvalue weighted by molar-refractivity contribution is 5.40. The van der Waals surface area contributed by atoms with E-state index < -0.39 is 0 Å². The minimum atomic E-state index is 0.0401. The van der Waals surface area contributed by atoms with Gasteiger partial charge in [-0.15, -0.1) is 0 Å². The minimum Gasteiger partial charge on any atom is -0.486 e. The van der Waals surface area contributed by atoms with Gasteiger partial charge in [0.15, 0.2) is 11.5 Å². The lowest BCUT2D eigenvalue weighted by molar-refractivity contribution is 0.0531. The monoisotopic (exact) mass is 265 g/mol. The van der Waals surface area contributed by atoms with Crippen LogP contribution in [0.25, 0.3) is 0 Å². The second-order valence-electron chi connectivity index (χ2n) is 4.88. The van der Waals surface area contributed by atoms with Gasteiger partial charge in [-0.3, -0.25) is 4.90 Å². The molecule has 0 saturated heterocycles. The van der Waals surface area contributed by atoms with Gasteiger partial charge in [0.2, 0.25) is 0 Å². The molecule has 0 fully saturated rings. The number of benzene rings is 1. The molecule has 1 unspecified atom stereocenters. The van der Waals surface area contributed by atoms with Gasteiger partial charge in [-0.2, -0.15) is 0 Å². The van der Waals surface area contributed by atoms with Gasteiger partial charge in [-0.05, 0) is 25.1 Å². The molecule has 0 spiro atoms. The second-order valence-corrected chi connectivity index (χ2v) is 4.88. The predicted molar refractivity (Wildman–Crippen MR) is 74.8 cm³/mol. The Morgan fingerprint density at radius 3 is 2.79 bits per heavy atom. The first-order valence-corrected chi connectivity index (χ1v) is 7.05. The maximum Gasteiger partial charge on any atom is 0.161 e. The van der Waals surface area contributed by atoms with E-state index in [9.17, 15) is 0 Å². The molecule has 0 aliphatic carbocycles. The molecule has 1 N–H and O–H groups in total. The number of unbranched alkanes of at least 4 members (excludes halogenated alkanes) is 1. The fraction of sp³-hybridized carbons (Fsp3) is 0.600. The average Bonchev–Trinajstić information content (AvgIpc) is 2.45. The van der Waals surface area contributed by atoms with Gasteiger partial charge in [-0.1, -0.05) is 25.5 Å². The maximum absolute atomic E-state index is 9.11. The summed E-state index contributed by atoms with van der Waals surface area (Å²) in [5.41, 5.74) is 0. The van der Waals surface area contributed by atoms with Gasteiger partial charge in [0.1, 0.15) is 12.7 Å². The van der Waals surface area contributed by atoms with E-state index in [0.29, 0.717) is 13.2 Å². The van der Waals surface area contributed by atoms with Crippen molar-refractivity contribution in [2.75, 3.05) is 32.8 Å². The van der Waals surface area contributed by atoms with Crippen molar-refractivity contribution < 1.29 is 14.6 Å². The summed E-state index contributed by atoms with van der Waals surface area (Å²) in [6.45, 7) is 5.43. The van der Waals surface area contributed by atoms with Crippen molar-refractivity contribution in [3.8, 4) is 11.5 Å². The Hall–Kier alpha value is -1.26. The molecule has 106 valence electrons. The fourth-order valence-corrected chi connectivity index (χ4v) is 2.26. The summed E-state index contributed by atoms with van der Waals surface area (Å²) < 4.78 is 11.6. The van der Waals surface area contributed by atoms with Crippen LogP contribution < -0.4 is 9.47 Å². The Kier molecular flexibility index (Phi) is 5.48. The van der Waals surface area contributed by atoms with Gasteiger partial charge in [0.25, 0.3) is 0 Å². The second kappa shape index (κ2) is 7.36. The number of hydrogen-bond donors (Lipinski definition) is 1. The summed E-state index contributed by atoms with van der Waals surface area (Å²) in [6.07, 6.45) is 2.34. The molecule has 4 heteroatoms. The van der Waals surface area contributed by atoms with Crippen LogP contribution in [0.5, 0.6) is 11.5 Å². The largest absolute Gasteiger partial charge is 0.486 e. The van der Waals surface area contributed by atoms with E-state index in [1.54, 1.807) is 0 Å². The number of para-hydroxylation sites is 2. The highest BCUT2D eigenvalue weighted by Crippen LogP contribution is 2.30. The topological polar surface area (TPSA) is 41.9 Å². The van der Waals surface area contributed by atoms with Crippen molar-refractivity contribution in [1.82, 2.24) is 4.90 Å². The van der Waals surface area contributed by atoms with Crippen LogP contribution in [0.2, 0.25) is 0 Å². The molecule has 4 nitrogen and oxygen atoms in total. The number of aliphatic hydroxyl groups excluding tert-OH is 1. The molecule has 1 aliphatic heterocycles. The molecule has 1 aromatic carbocycles. The summed E-state index contributed by atoms with van der Waals surface area (Å²) in [5.74, 6) is 1.64. The summed E-state index contributed by atoms with van der Waals surface area (Å²) in [7, 11) is 0. The third-order valence-corrected chi connectivity index (χ3v) is 3.27. The van der Waals surface area contributed by atoms with Crippen LogP contribution in [-0.2, 0) is 0 Å². The first kappa shape index (κ1) is 14.2. The van der Waals surface area contributed by atoms with Crippen molar-refractivity contribution in [2.45, 2.75) is 25.9 Å². The lowest BCUT2D eigenvalue weighted by atomic mass is 10.2. The van der Waals surface area contributed by atoms with E-state index in [2.05, 4.69) is 11.8 Å². The lowest BCUT2D eigenvalue weighted by Crippen LogP contribution is -2.42. The molecule has 1 atom stereocenters. The standard InChI is InChI=1S/C15H23NO3/c1-2-3-8-16(9-10-17)11-13-12-18-14-6-4-5-7-15(14)19-13/h4-7,13,17H,2-3,8-12H2,1H3. The van der Waals surface area contributed by atoms with Crippen LogP contribution in [0, 0.1) is 0 Å². The number of aliphatic hydroxyl groups is 1. The third kappa shape index (κ3) is 4.11. The van der Waals surface area contributed by atoms with Gasteiger partial charge < -0.3 is 14.6 Å². The van der Waals surface area contributed by atoms with E-state index in [1.165, 1.54) is 0 Å². The van der Waals surface area contributed by atoms with Crippen LogP contribution in [0.4, 0.5) is 0 Å². The molecule has 0 bridgehead atoms. The summed E-state index contributed by atoms with van der Waals surface area (Å²) >= 11 is 0. The Morgan fingerprint density at radius 1 is 1.26 bits per heavy atom. The van der Waals surface area contributed by atoms with E-state index in [0.717, 1.165) is 37.4 Å². The van der Waals surface area contributed by atoms with E-state index in [-0.39, 0.29) is 12.7 Å². The first-order valence-electron chi connectivity index (χ1n) is 7.05. The molecular formula is C15H23NO3. The smallest absolute Gasteiger partial charge is 0.161 e. The Bertz CT molecular complexity index is 383. The molecule has 1 aromatic rings. The van der Waals surface area contributed by atoms with Crippen LogP contribution >= 0.6 is 0 Å². The van der Waals surface area contributed by atoms with Crippen LogP contribution in [0.1, 0.15) is 19.8 Å². The molecule has 19 heavy (non-hydrogen) atoms. The minimum absolute atomic E-state index is 0.0401. The zero-order chi connectivity index (χ0) is 13.5. The first-order chi connectivity index (χ1) is 9.33. The molecule has 2 rings (SSSR count). The predicted octanol–water partition coefficient (Wildman–Crippen LogP) is 1.92. The highest BCUT2D eigenvalue weighted by Gasteiger charge is 2.22. The van der Waals surface area contributed by atoms with Crippen molar-refractivity contribution in [2.24, 2.45) is 0 Å². The average molecular weight is 265 g/mol. The van der Waals surface area contributed by atoms with Crippen LogP contribution in [-0.4, -0.2) is 49.0 Å². The summed E-state index contributed by atoms with van der Waals surface area (Å²) in [5, 5.41) is 9.11. The SMILES string of the molecule is CCCCN(CCO)CC1COc2ccccc2O1. The maximum atomic E-state index is 9.11. The highest BCUT2D eigenvalue weighted by atomic mass is 16.6. The Morgan fingerprint density at radius 2 is 2.05 bits per heavy atom. The molecule has 1 aliphatic rings. The molecule has 0 radical (unpaired) electrons. The Labute approximate surface area is 114 Å².